The quantitative estimate of drug-likeness (QED) is 0.473. The van der Waals surface area contributed by atoms with Gasteiger partial charge in [-0.25, -0.2) is 8.42 Å². The lowest BCUT2D eigenvalue weighted by molar-refractivity contribution is -0.139. The summed E-state index contributed by atoms with van der Waals surface area (Å²) in [6, 6.07) is 22.9. The van der Waals surface area contributed by atoms with Gasteiger partial charge in [0.05, 0.1) is 4.90 Å². The van der Waals surface area contributed by atoms with E-state index in [0.717, 1.165) is 11.1 Å². The van der Waals surface area contributed by atoms with E-state index in [9.17, 15) is 23.1 Å². The number of anilines is 1. The van der Waals surface area contributed by atoms with Crippen LogP contribution < -0.4 is 10.0 Å². The van der Waals surface area contributed by atoms with Crippen molar-refractivity contribution in [2.45, 2.75) is 23.8 Å². The number of amides is 1. The number of carboxylic acids is 1. The monoisotopic (exact) mass is 438 g/mol. The van der Waals surface area contributed by atoms with E-state index in [1.54, 1.807) is 42.5 Å². The lowest BCUT2D eigenvalue weighted by Crippen LogP contribution is -2.41. The summed E-state index contributed by atoms with van der Waals surface area (Å²) in [4.78, 5) is 23.6. The highest BCUT2D eigenvalue weighted by molar-refractivity contribution is 7.89. The van der Waals surface area contributed by atoms with Crippen LogP contribution in [0.5, 0.6) is 0 Å². The van der Waals surface area contributed by atoms with Gasteiger partial charge in [-0.05, 0) is 41.8 Å². The second-order valence-corrected chi connectivity index (χ2v) is 8.57. The van der Waals surface area contributed by atoms with Gasteiger partial charge in [-0.1, -0.05) is 60.7 Å². The Hall–Kier alpha value is -3.49. The van der Waals surface area contributed by atoms with Crippen molar-refractivity contribution in [2.75, 3.05) is 5.32 Å². The van der Waals surface area contributed by atoms with E-state index >= 15 is 0 Å². The molecule has 31 heavy (non-hydrogen) atoms. The Labute approximate surface area is 180 Å². The van der Waals surface area contributed by atoms with E-state index in [1.807, 2.05) is 30.3 Å². The highest BCUT2D eigenvalue weighted by Gasteiger charge is 2.26. The van der Waals surface area contributed by atoms with Crippen molar-refractivity contribution in [2.24, 2.45) is 0 Å². The first kappa shape index (κ1) is 22.2. The fourth-order valence-electron chi connectivity index (χ4n) is 2.97. The smallest absolute Gasteiger partial charge is 0.321 e. The molecule has 0 aromatic heterocycles. The van der Waals surface area contributed by atoms with E-state index in [2.05, 4.69) is 10.0 Å². The van der Waals surface area contributed by atoms with Gasteiger partial charge in [0, 0.05) is 12.1 Å². The van der Waals surface area contributed by atoms with Crippen molar-refractivity contribution in [3.63, 3.8) is 0 Å². The number of nitrogens with one attached hydrogen (secondary N) is 2. The molecule has 0 bridgehead atoms. The number of rotatable bonds is 9. The van der Waals surface area contributed by atoms with E-state index in [-0.39, 0.29) is 17.7 Å². The first-order chi connectivity index (χ1) is 14.8. The van der Waals surface area contributed by atoms with Crippen molar-refractivity contribution in [1.29, 1.82) is 0 Å². The van der Waals surface area contributed by atoms with E-state index in [0.29, 0.717) is 5.69 Å². The summed E-state index contributed by atoms with van der Waals surface area (Å²) < 4.78 is 27.5. The van der Waals surface area contributed by atoms with Gasteiger partial charge >= 0.3 is 5.97 Å². The van der Waals surface area contributed by atoms with Gasteiger partial charge in [0.25, 0.3) is 0 Å². The summed E-state index contributed by atoms with van der Waals surface area (Å²) in [6.07, 6.45) is -0.337. The van der Waals surface area contributed by atoms with Gasteiger partial charge in [-0.15, -0.1) is 0 Å². The highest BCUT2D eigenvalue weighted by Crippen LogP contribution is 2.21. The SMILES string of the molecule is O=C(CCC(NS(=O)(=O)c1ccc(-c2ccccc2)cc1)C(=O)O)Nc1ccccc1. The minimum Gasteiger partial charge on any atom is -0.480 e. The van der Waals surface area contributed by atoms with Crippen molar-refractivity contribution in [3.05, 3.63) is 84.9 Å². The molecule has 0 heterocycles. The van der Waals surface area contributed by atoms with Crippen LogP contribution in [-0.2, 0) is 19.6 Å². The Morgan fingerprint density at radius 2 is 1.35 bits per heavy atom. The third-order valence-electron chi connectivity index (χ3n) is 4.58. The number of hydrogen-bond acceptors (Lipinski definition) is 4. The molecule has 3 aromatic rings. The van der Waals surface area contributed by atoms with Crippen LogP contribution in [0.3, 0.4) is 0 Å². The second kappa shape index (κ2) is 10.0. The summed E-state index contributed by atoms with van der Waals surface area (Å²) in [5.74, 6) is -1.75. The minimum atomic E-state index is -4.07. The molecular weight excluding hydrogens is 416 g/mol. The molecule has 0 saturated carbocycles. The summed E-state index contributed by atoms with van der Waals surface area (Å²) in [5.41, 5.74) is 2.36. The third-order valence-corrected chi connectivity index (χ3v) is 6.07. The van der Waals surface area contributed by atoms with Crippen molar-refractivity contribution >= 4 is 27.6 Å². The Bertz CT molecular complexity index is 1130. The van der Waals surface area contributed by atoms with Crippen LogP contribution in [0.1, 0.15) is 12.8 Å². The molecule has 0 aliphatic heterocycles. The summed E-state index contributed by atoms with van der Waals surface area (Å²) in [5, 5.41) is 12.1. The Morgan fingerprint density at radius 3 is 1.94 bits per heavy atom. The fourth-order valence-corrected chi connectivity index (χ4v) is 4.19. The zero-order chi connectivity index (χ0) is 22.3. The largest absolute Gasteiger partial charge is 0.480 e. The maximum Gasteiger partial charge on any atom is 0.321 e. The highest BCUT2D eigenvalue weighted by atomic mass is 32.2. The number of sulfonamides is 1. The average molecular weight is 439 g/mol. The molecule has 0 radical (unpaired) electrons. The standard InChI is InChI=1S/C23H22N2O5S/c26-22(24-19-9-5-2-6-10-19)16-15-21(23(27)28)25-31(29,30)20-13-11-18(12-14-20)17-7-3-1-4-8-17/h1-14,21,25H,15-16H2,(H,24,26)(H,27,28). The summed E-state index contributed by atoms with van der Waals surface area (Å²) in [6.45, 7) is 0. The predicted molar refractivity (Wildman–Crippen MR) is 118 cm³/mol. The lowest BCUT2D eigenvalue weighted by atomic mass is 10.1. The first-order valence-corrected chi connectivity index (χ1v) is 11.1. The molecule has 3 aromatic carbocycles. The molecule has 0 aliphatic rings. The van der Waals surface area contributed by atoms with Gasteiger partial charge in [-0.2, -0.15) is 4.72 Å². The first-order valence-electron chi connectivity index (χ1n) is 9.61. The maximum absolute atomic E-state index is 12.7. The molecule has 1 amide bonds. The van der Waals surface area contributed by atoms with Gasteiger partial charge in [-0.3, -0.25) is 9.59 Å². The number of benzene rings is 3. The third kappa shape index (κ3) is 6.24. The number of carbonyl (C=O) groups excluding carboxylic acids is 1. The number of carboxylic acid groups (broad SMARTS) is 1. The van der Waals surface area contributed by atoms with E-state index in [4.69, 9.17) is 0 Å². The molecule has 1 atom stereocenters. The number of hydrogen-bond donors (Lipinski definition) is 3. The molecule has 1 unspecified atom stereocenters. The molecule has 0 fully saturated rings. The molecule has 0 saturated heterocycles. The molecule has 3 rings (SSSR count). The zero-order valence-electron chi connectivity index (χ0n) is 16.6. The van der Waals surface area contributed by atoms with Crippen LogP contribution in [0.25, 0.3) is 11.1 Å². The Balaban J connectivity index is 1.64. The van der Waals surface area contributed by atoms with Crippen LogP contribution in [0.2, 0.25) is 0 Å². The maximum atomic E-state index is 12.7. The van der Waals surface area contributed by atoms with Crippen LogP contribution in [0.15, 0.2) is 89.8 Å². The fraction of sp³-hybridized carbons (Fsp3) is 0.130. The van der Waals surface area contributed by atoms with E-state index < -0.39 is 27.9 Å². The molecular formula is C23H22N2O5S. The normalized spacial score (nSPS) is 12.1. The number of carbonyl (C=O) groups is 2. The molecule has 0 aliphatic carbocycles. The van der Waals surface area contributed by atoms with Crippen molar-refractivity contribution < 1.29 is 23.1 Å². The molecule has 160 valence electrons. The van der Waals surface area contributed by atoms with Crippen molar-refractivity contribution in [1.82, 2.24) is 4.72 Å². The molecule has 3 N–H and O–H groups in total. The summed E-state index contributed by atoms with van der Waals surface area (Å²) in [7, 11) is -4.07. The predicted octanol–water partition coefficient (Wildman–Crippen LogP) is 3.50. The van der Waals surface area contributed by atoms with Crippen molar-refractivity contribution in [3.8, 4) is 11.1 Å². The van der Waals surface area contributed by atoms with Crippen LogP contribution in [-0.4, -0.2) is 31.4 Å². The Morgan fingerprint density at radius 1 is 0.806 bits per heavy atom. The van der Waals surface area contributed by atoms with Gasteiger partial charge in [0.2, 0.25) is 15.9 Å². The molecule has 8 heteroatoms. The second-order valence-electron chi connectivity index (χ2n) is 6.86. The summed E-state index contributed by atoms with van der Waals surface area (Å²) >= 11 is 0. The lowest BCUT2D eigenvalue weighted by Gasteiger charge is -2.15. The number of aliphatic carboxylic acids is 1. The zero-order valence-corrected chi connectivity index (χ0v) is 17.4. The van der Waals surface area contributed by atoms with Gasteiger partial charge in [0.1, 0.15) is 6.04 Å². The molecule has 0 spiro atoms. The van der Waals surface area contributed by atoms with Crippen LogP contribution >= 0.6 is 0 Å². The van der Waals surface area contributed by atoms with E-state index in [1.165, 1.54) is 12.1 Å². The number of para-hydroxylation sites is 1. The average Bonchev–Trinajstić information content (AvgIpc) is 2.78. The minimum absolute atomic E-state index is 0.0489. The van der Waals surface area contributed by atoms with Gasteiger partial charge < -0.3 is 10.4 Å². The van der Waals surface area contributed by atoms with Crippen LogP contribution in [0, 0.1) is 0 Å². The molecule has 7 nitrogen and oxygen atoms in total. The van der Waals surface area contributed by atoms with Gasteiger partial charge in [0.15, 0.2) is 0 Å². The van der Waals surface area contributed by atoms with Crippen LogP contribution in [0.4, 0.5) is 5.69 Å². The topological polar surface area (TPSA) is 113 Å². The Kier molecular flexibility index (Phi) is 7.17.